The van der Waals surface area contributed by atoms with Crippen molar-refractivity contribution in [3.63, 3.8) is 0 Å². The van der Waals surface area contributed by atoms with Crippen LogP contribution in [0.5, 0.6) is 0 Å². The number of anilines is 1. The van der Waals surface area contributed by atoms with Crippen LogP contribution in [0.3, 0.4) is 0 Å². The van der Waals surface area contributed by atoms with Gasteiger partial charge in [-0.05, 0) is 48.5 Å². The molecule has 6 nitrogen and oxygen atoms in total. The molecule has 1 heterocycles. The second-order valence-corrected chi connectivity index (χ2v) is 4.08. The maximum absolute atomic E-state index is 5.67. The van der Waals surface area contributed by atoms with Crippen LogP contribution < -0.4 is 5.73 Å². The largest absolute Gasteiger partial charge is 0.399 e. The number of tetrazole rings is 1. The molecule has 96 valence electrons. The van der Waals surface area contributed by atoms with E-state index in [1.807, 2.05) is 38.1 Å². The number of hydrogen-bond donors (Lipinski definition) is 1. The van der Waals surface area contributed by atoms with Crippen molar-refractivity contribution >= 4 is 5.69 Å². The lowest BCUT2D eigenvalue weighted by Gasteiger charge is -2.13. The van der Waals surface area contributed by atoms with Crippen molar-refractivity contribution in [2.45, 2.75) is 19.9 Å². The second-order valence-electron chi connectivity index (χ2n) is 4.08. The Kier molecular flexibility index (Phi) is 3.88. The Morgan fingerprint density at radius 2 is 2.06 bits per heavy atom. The predicted octanol–water partition coefficient (Wildman–Crippen LogP) is 1.52. The van der Waals surface area contributed by atoms with Crippen LogP contribution in [0, 0.1) is 0 Å². The molecular weight excluding hydrogens is 230 g/mol. The third-order valence-electron chi connectivity index (χ3n) is 2.64. The molecule has 2 N–H and O–H groups in total. The fraction of sp³-hybridized carbons (Fsp3) is 0.417. The van der Waals surface area contributed by atoms with Crippen LogP contribution in [0.25, 0.3) is 11.4 Å². The summed E-state index contributed by atoms with van der Waals surface area (Å²) >= 11 is 0. The van der Waals surface area contributed by atoms with Crippen molar-refractivity contribution in [2.75, 3.05) is 18.9 Å². The standard InChI is InChI=1S/C12H17N5O/c1-3-18-8-9(2)17-12(14-15-16-17)10-4-6-11(13)7-5-10/h4-7,9H,3,8,13H2,1-2H3. The van der Waals surface area contributed by atoms with Crippen LogP contribution in [0.2, 0.25) is 0 Å². The minimum absolute atomic E-state index is 0.0903. The molecule has 0 aliphatic heterocycles. The highest BCUT2D eigenvalue weighted by Gasteiger charge is 2.14. The first-order valence-electron chi connectivity index (χ1n) is 5.94. The van der Waals surface area contributed by atoms with Gasteiger partial charge in [0.05, 0.1) is 12.6 Å². The van der Waals surface area contributed by atoms with Gasteiger partial charge in [-0.3, -0.25) is 0 Å². The maximum Gasteiger partial charge on any atom is 0.182 e. The number of nitrogen functional groups attached to an aromatic ring is 1. The van der Waals surface area contributed by atoms with Gasteiger partial charge in [0.15, 0.2) is 5.82 Å². The van der Waals surface area contributed by atoms with Crippen molar-refractivity contribution in [2.24, 2.45) is 0 Å². The number of aromatic nitrogens is 4. The van der Waals surface area contributed by atoms with Crippen LogP contribution in [0.1, 0.15) is 19.9 Å². The molecule has 1 aromatic carbocycles. The van der Waals surface area contributed by atoms with E-state index >= 15 is 0 Å². The van der Waals surface area contributed by atoms with Crippen molar-refractivity contribution in [1.29, 1.82) is 0 Å². The molecule has 6 heteroatoms. The lowest BCUT2D eigenvalue weighted by Crippen LogP contribution is -2.15. The molecule has 1 unspecified atom stereocenters. The molecule has 0 saturated heterocycles. The van der Waals surface area contributed by atoms with E-state index in [0.29, 0.717) is 13.2 Å². The van der Waals surface area contributed by atoms with Gasteiger partial charge < -0.3 is 10.5 Å². The van der Waals surface area contributed by atoms with Gasteiger partial charge in [0.2, 0.25) is 0 Å². The Bertz CT molecular complexity index is 493. The van der Waals surface area contributed by atoms with E-state index in [9.17, 15) is 0 Å². The lowest BCUT2D eigenvalue weighted by molar-refractivity contribution is 0.115. The number of nitrogens with two attached hydrogens (primary N) is 1. The second kappa shape index (κ2) is 5.59. The van der Waals surface area contributed by atoms with Gasteiger partial charge >= 0.3 is 0 Å². The van der Waals surface area contributed by atoms with Crippen LogP contribution >= 0.6 is 0 Å². The summed E-state index contributed by atoms with van der Waals surface area (Å²) in [6, 6.07) is 7.58. The van der Waals surface area contributed by atoms with Gasteiger partial charge in [0.1, 0.15) is 0 Å². The van der Waals surface area contributed by atoms with Crippen molar-refractivity contribution < 1.29 is 4.74 Å². The molecule has 0 fully saturated rings. The first-order chi connectivity index (χ1) is 8.72. The molecule has 0 radical (unpaired) electrons. The van der Waals surface area contributed by atoms with Crippen LogP contribution in [0.15, 0.2) is 24.3 Å². The Balaban J connectivity index is 2.24. The van der Waals surface area contributed by atoms with E-state index in [2.05, 4.69) is 15.5 Å². The first kappa shape index (κ1) is 12.5. The van der Waals surface area contributed by atoms with Gasteiger partial charge in [0.25, 0.3) is 0 Å². The van der Waals surface area contributed by atoms with Gasteiger partial charge in [-0.15, -0.1) is 5.10 Å². The van der Waals surface area contributed by atoms with E-state index in [0.717, 1.165) is 17.1 Å². The maximum atomic E-state index is 5.67. The molecule has 0 aliphatic rings. The molecule has 0 saturated carbocycles. The molecule has 1 aromatic heterocycles. The highest BCUT2D eigenvalue weighted by atomic mass is 16.5. The predicted molar refractivity (Wildman–Crippen MR) is 68.9 cm³/mol. The summed E-state index contributed by atoms with van der Waals surface area (Å²) in [5.41, 5.74) is 7.33. The monoisotopic (exact) mass is 247 g/mol. The van der Waals surface area contributed by atoms with Gasteiger partial charge in [-0.2, -0.15) is 0 Å². The number of benzene rings is 1. The fourth-order valence-electron chi connectivity index (χ4n) is 1.67. The average Bonchev–Trinajstić information content (AvgIpc) is 2.86. The summed E-state index contributed by atoms with van der Waals surface area (Å²) in [6.07, 6.45) is 0. The SMILES string of the molecule is CCOCC(C)n1nnnc1-c1ccc(N)cc1. The quantitative estimate of drug-likeness (QED) is 0.810. The van der Waals surface area contributed by atoms with Crippen LogP contribution in [-0.4, -0.2) is 33.4 Å². The molecule has 1 atom stereocenters. The smallest absolute Gasteiger partial charge is 0.182 e. The highest BCUT2D eigenvalue weighted by Crippen LogP contribution is 2.20. The summed E-state index contributed by atoms with van der Waals surface area (Å²) in [6.45, 7) is 5.26. The zero-order chi connectivity index (χ0) is 13.0. The minimum Gasteiger partial charge on any atom is -0.399 e. The van der Waals surface area contributed by atoms with E-state index in [4.69, 9.17) is 10.5 Å². The van der Waals surface area contributed by atoms with E-state index in [1.165, 1.54) is 0 Å². The van der Waals surface area contributed by atoms with E-state index in [1.54, 1.807) is 4.68 Å². The van der Waals surface area contributed by atoms with Crippen LogP contribution in [0.4, 0.5) is 5.69 Å². The summed E-state index contributed by atoms with van der Waals surface area (Å²) in [5.74, 6) is 0.724. The Morgan fingerprint density at radius 1 is 1.33 bits per heavy atom. The van der Waals surface area contributed by atoms with Gasteiger partial charge in [-0.1, -0.05) is 0 Å². The molecule has 2 rings (SSSR count). The molecule has 0 bridgehead atoms. The number of rotatable bonds is 5. The Morgan fingerprint density at radius 3 is 2.72 bits per heavy atom. The highest BCUT2D eigenvalue weighted by molar-refractivity contribution is 5.58. The Labute approximate surface area is 106 Å². The summed E-state index contributed by atoms with van der Waals surface area (Å²) in [4.78, 5) is 0. The van der Waals surface area contributed by atoms with Crippen LogP contribution in [-0.2, 0) is 4.74 Å². The summed E-state index contributed by atoms with van der Waals surface area (Å²) in [5, 5.41) is 11.8. The first-order valence-corrected chi connectivity index (χ1v) is 5.94. The van der Waals surface area contributed by atoms with Crippen molar-refractivity contribution in [3.05, 3.63) is 24.3 Å². The molecular formula is C12H17N5O. The molecule has 0 amide bonds. The Hall–Kier alpha value is -1.95. The average molecular weight is 247 g/mol. The van der Waals surface area contributed by atoms with Gasteiger partial charge in [-0.25, -0.2) is 4.68 Å². The lowest BCUT2D eigenvalue weighted by atomic mass is 10.2. The number of ether oxygens (including phenoxy) is 1. The zero-order valence-corrected chi connectivity index (χ0v) is 10.6. The number of nitrogens with zero attached hydrogens (tertiary/aromatic N) is 4. The third-order valence-corrected chi connectivity index (χ3v) is 2.64. The number of hydrogen-bond acceptors (Lipinski definition) is 5. The molecule has 18 heavy (non-hydrogen) atoms. The molecule has 0 spiro atoms. The normalized spacial score (nSPS) is 12.6. The van der Waals surface area contributed by atoms with E-state index < -0.39 is 0 Å². The molecule has 0 aliphatic carbocycles. The summed E-state index contributed by atoms with van der Waals surface area (Å²) in [7, 11) is 0. The minimum atomic E-state index is 0.0903. The van der Waals surface area contributed by atoms with Crippen molar-refractivity contribution in [3.8, 4) is 11.4 Å². The zero-order valence-electron chi connectivity index (χ0n) is 10.6. The van der Waals surface area contributed by atoms with E-state index in [-0.39, 0.29) is 6.04 Å². The van der Waals surface area contributed by atoms with Crippen molar-refractivity contribution in [1.82, 2.24) is 20.2 Å². The third kappa shape index (κ3) is 2.65. The molecule has 2 aromatic rings. The van der Waals surface area contributed by atoms with Gasteiger partial charge in [0, 0.05) is 17.9 Å². The topological polar surface area (TPSA) is 78.8 Å². The summed E-state index contributed by atoms with van der Waals surface area (Å²) < 4.78 is 7.16. The fourth-order valence-corrected chi connectivity index (χ4v) is 1.67.